The molecule has 5 nitrogen and oxygen atoms in total. The number of nitrogens with zero attached hydrogens (tertiary/aromatic N) is 4. The van der Waals surface area contributed by atoms with Crippen molar-refractivity contribution >= 4 is 33.1 Å². The fourth-order valence-corrected chi connectivity index (χ4v) is 5.23. The molecular weight excluding hydrogens is 709 g/mol. The van der Waals surface area contributed by atoms with E-state index < -0.39 is 0 Å². The largest absolute Gasteiger partial charge is 0.501 e. The first kappa shape index (κ1) is 28.2. The Balaban J connectivity index is 0.000000213. The van der Waals surface area contributed by atoms with Crippen molar-refractivity contribution in [1.82, 2.24) is 19.5 Å². The third-order valence-corrected chi connectivity index (χ3v) is 7.20. The maximum absolute atomic E-state index is 6.32. The van der Waals surface area contributed by atoms with Crippen LogP contribution in [-0.4, -0.2) is 19.5 Å². The van der Waals surface area contributed by atoms with Gasteiger partial charge in [-0.1, -0.05) is 66.4 Å². The van der Waals surface area contributed by atoms with Gasteiger partial charge in [-0.25, -0.2) is 4.98 Å². The average molecular weight is 735 g/mol. The molecule has 0 spiro atoms. The van der Waals surface area contributed by atoms with Crippen LogP contribution in [-0.2, 0) is 20.1 Å². The summed E-state index contributed by atoms with van der Waals surface area (Å²) >= 11 is 0. The summed E-state index contributed by atoms with van der Waals surface area (Å²) in [6.45, 7) is 4.08. The van der Waals surface area contributed by atoms with Crippen LogP contribution in [0.1, 0.15) is 11.3 Å². The molecule has 0 amide bonds. The third-order valence-electron chi connectivity index (χ3n) is 7.20. The second kappa shape index (κ2) is 12.1. The topological polar surface area (TPSA) is 56.7 Å². The second-order valence-electron chi connectivity index (χ2n) is 10.0. The predicted octanol–water partition coefficient (Wildman–Crippen LogP) is 8.95. The Morgan fingerprint density at radius 1 is 0.744 bits per heavy atom. The van der Waals surface area contributed by atoms with E-state index in [-0.39, 0.29) is 20.1 Å². The summed E-state index contributed by atoms with van der Waals surface area (Å²) in [7, 11) is 0. The molecule has 6 heteroatoms. The van der Waals surface area contributed by atoms with Gasteiger partial charge in [0, 0.05) is 43.1 Å². The summed E-state index contributed by atoms with van der Waals surface area (Å²) < 4.78 is 8.46. The van der Waals surface area contributed by atoms with E-state index in [2.05, 4.69) is 57.9 Å². The number of imidazole rings is 1. The van der Waals surface area contributed by atoms with Crippen molar-refractivity contribution in [2.45, 2.75) is 13.8 Å². The molecule has 8 rings (SSSR count). The third kappa shape index (κ3) is 5.39. The van der Waals surface area contributed by atoms with Crippen LogP contribution in [0.25, 0.3) is 61.4 Å². The van der Waals surface area contributed by atoms with Crippen LogP contribution in [0.3, 0.4) is 0 Å². The molecule has 4 aromatic carbocycles. The Hall–Kier alpha value is -4.90. The Bertz CT molecular complexity index is 2120. The standard InChI is InChI=1S/C26H18N3O.C11H8N.Ir/c1-16-12-14-20(24-23(16)19-10-6-7-11-22(19)30-24)26-28-25-21(15-13-17(2)27-25)29(26)18-8-4-3-5-9-18;1-2-6-10(7-3-1)11-8-4-5-9-12-11;/h3-13,15H,1-2H3;1-6,8-9H;/q2*-1;. The summed E-state index contributed by atoms with van der Waals surface area (Å²) in [6.07, 6.45) is 1.79. The molecule has 0 fully saturated rings. The van der Waals surface area contributed by atoms with Gasteiger partial charge in [0.1, 0.15) is 5.58 Å². The van der Waals surface area contributed by atoms with Crippen molar-refractivity contribution in [2.75, 3.05) is 0 Å². The molecule has 0 bridgehead atoms. The average Bonchev–Trinajstić information content (AvgIpc) is 3.62. The van der Waals surface area contributed by atoms with Crippen molar-refractivity contribution in [2.24, 2.45) is 0 Å². The number of hydrogen-bond acceptors (Lipinski definition) is 4. The normalized spacial score (nSPS) is 10.8. The van der Waals surface area contributed by atoms with E-state index in [9.17, 15) is 0 Å². The van der Waals surface area contributed by atoms with E-state index in [1.54, 1.807) is 6.20 Å². The first-order valence-electron chi connectivity index (χ1n) is 13.8. The Labute approximate surface area is 263 Å². The zero-order valence-corrected chi connectivity index (χ0v) is 26.0. The summed E-state index contributed by atoms with van der Waals surface area (Å²) in [5.41, 5.74) is 9.30. The molecule has 211 valence electrons. The number of fused-ring (bicyclic) bond motifs is 4. The summed E-state index contributed by atoms with van der Waals surface area (Å²) in [6, 6.07) is 44.7. The van der Waals surface area contributed by atoms with Gasteiger partial charge in [-0.3, -0.25) is 4.98 Å². The molecule has 0 N–H and O–H groups in total. The fourth-order valence-electron chi connectivity index (χ4n) is 5.23. The van der Waals surface area contributed by atoms with Crippen LogP contribution < -0.4 is 0 Å². The van der Waals surface area contributed by atoms with Gasteiger partial charge >= 0.3 is 0 Å². The van der Waals surface area contributed by atoms with Crippen molar-refractivity contribution in [3.8, 4) is 28.3 Å². The van der Waals surface area contributed by atoms with Gasteiger partial charge in [0.05, 0.1) is 16.9 Å². The number of benzene rings is 4. The minimum absolute atomic E-state index is 0. The van der Waals surface area contributed by atoms with Crippen molar-refractivity contribution in [1.29, 1.82) is 0 Å². The Kier molecular flexibility index (Phi) is 7.97. The van der Waals surface area contributed by atoms with Gasteiger partial charge in [0.2, 0.25) is 0 Å². The van der Waals surface area contributed by atoms with E-state index in [1.807, 2.05) is 97.9 Å². The van der Waals surface area contributed by atoms with Gasteiger partial charge in [-0.05, 0) is 49.0 Å². The molecule has 0 aliphatic carbocycles. The molecular formula is C37H26IrN4O-2. The van der Waals surface area contributed by atoms with Crippen molar-refractivity contribution in [3.05, 3.63) is 145 Å². The van der Waals surface area contributed by atoms with Crippen LogP contribution >= 0.6 is 0 Å². The number of hydrogen-bond donors (Lipinski definition) is 0. The number of furan rings is 1. The number of para-hydroxylation sites is 2. The molecule has 0 saturated heterocycles. The summed E-state index contributed by atoms with van der Waals surface area (Å²) in [5.74, 6) is 0.776. The van der Waals surface area contributed by atoms with Gasteiger partial charge in [-0.15, -0.1) is 53.6 Å². The molecule has 43 heavy (non-hydrogen) atoms. The molecule has 0 aliphatic rings. The zero-order valence-electron chi connectivity index (χ0n) is 23.6. The summed E-state index contributed by atoms with van der Waals surface area (Å²) in [4.78, 5) is 13.8. The minimum atomic E-state index is 0. The van der Waals surface area contributed by atoms with E-state index in [4.69, 9.17) is 9.40 Å². The molecule has 0 saturated carbocycles. The molecule has 0 aliphatic heterocycles. The van der Waals surface area contributed by atoms with Crippen molar-refractivity contribution in [3.63, 3.8) is 0 Å². The SMILES string of the molecule is Cc1ccc2c(n1)nc(-c1[c-]cc(C)c3c1oc1ccccc13)n2-c1ccccc1.[Ir].[c-]1ccccc1-c1ccccn1. The van der Waals surface area contributed by atoms with Gasteiger partial charge in [0.25, 0.3) is 0 Å². The Morgan fingerprint density at radius 2 is 1.53 bits per heavy atom. The van der Waals surface area contributed by atoms with E-state index in [0.717, 1.165) is 67.0 Å². The van der Waals surface area contributed by atoms with Crippen LogP contribution in [0, 0.1) is 26.0 Å². The van der Waals surface area contributed by atoms with Gasteiger partial charge < -0.3 is 14.0 Å². The van der Waals surface area contributed by atoms with E-state index >= 15 is 0 Å². The van der Waals surface area contributed by atoms with Crippen LogP contribution in [0.5, 0.6) is 0 Å². The molecule has 1 radical (unpaired) electrons. The maximum Gasteiger partial charge on any atom is 0.168 e. The zero-order chi connectivity index (χ0) is 28.5. The summed E-state index contributed by atoms with van der Waals surface area (Å²) in [5, 5.41) is 2.21. The number of pyridine rings is 2. The molecule has 8 aromatic rings. The maximum atomic E-state index is 6.32. The molecule has 0 atom stereocenters. The van der Waals surface area contributed by atoms with Crippen LogP contribution in [0.15, 0.2) is 126 Å². The predicted molar refractivity (Wildman–Crippen MR) is 168 cm³/mol. The smallest absolute Gasteiger partial charge is 0.168 e. The van der Waals surface area contributed by atoms with Crippen LogP contribution in [0.4, 0.5) is 0 Å². The molecule has 4 aromatic heterocycles. The molecule has 0 unspecified atom stereocenters. The quantitative estimate of drug-likeness (QED) is 0.170. The fraction of sp³-hybridized carbons (Fsp3) is 0.0541. The van der Waals surface area contributed by atoms with Crippen molar-refractivity contribution < 1.29 is 24.5 Å². The van der Waals surface area contributed by atoms with Gasteiger partial charge in [0.15, 0.2) is 5.65 Å². The van der Waals surface area contributed by atoms with E-state index in [1.165, 1.54) is 0 Å². The first-order valence-corrected chi connectivity index (χ1v) is 13.8. The number of aromatic nitrogens is 4. The van der Waals surface area contributed by atoms with Gasteiger partial charge in [-0.2, -0.15) is 0 Å². The number of aryl methyl sites for hydroxylation is 2. The minimum Gasteiger partial charge on any atom is -0.501 e. The monoisotopic (exact) mass is 735 g/mol. The first-order chi connectivity index (χ1) is 20.7. The Morgan fingerprint density at radius 3 is 2.33 bits per heavy atom. The van der Waals surface area contributed by atoms with E-state index in [0.29, 0.717) is 5.65 Å². The number of rotatable bonds is 3. The second-order valence-corrected chi connectivity index (χ2v) is 10.0. The van der Waals surface area contributed by atoms with Crippen LogP contribution in [0.2, 0.25) is 0 Å². The molecule has 4 heterocycles.